The second kappa shape index (κ2) is 12.6. The average molecular weight is 457 g/mol. The lowest BCUT2D eigenvalue weighted by molar-refractivity contribution is -0.142. The zero-order valence-corrected chi connectivity index (χ0v) is 18.2. The molecule has 5 amide bonds. The fourth-order valence-electron chi connectivity index (χ4n) is 3.19. The van der Waals surface area contributed by atoms with Gasteiger partial charge in [0.15, 0.2) is 0 Å². The van der Waals surface area contributed by atoms with Crippen LogP contribution >= 0.6 is 0 Å². The Kier molecular flexibility index (Phi) is 10.5. The minimum atomic E-state index is -1.47. The number of hydrogen-bond acceptors (Lipinski definition) is 7. The zero-order valence-electron chi connectivity index (χ0n) is 18.2. The number of amides is 5. The van der Waals surface area contributed by atoms with Gasteiger partial charge in [0.25, 0.3) is 0 Å². The van der Waals surface area contributed by atoms with Crippen molar-refractivity contribution in [2.24, 2.45) is 17.4 Å². The molecule has 180 valence electrons. The number of carbonyl (C=O) groups excluding carboxylic acids is 5. The minimum Gasteiger partial charge on any atom is -0.480 e. The van der Waals surface area contributed by atoms with Gasteiger partial charge in [-0.2, -0.15) is 0 Å². The molecule has 0 bridgehead atoms. The lowest BCUT2D eigenvalue weighted by atomic mass is 10.0. The zero-order chi connectivity index (χ0) is 24.4. The highest BCUT2D eigenvalue weighted by molar-refractivity contribution is 5.96. The molecule has 13 heteroatoms. The predicted octanol–water partition coefficient (Wildman–Crippen LogP) is -2.93. The summed E-state index contributed by atoms with van der Waals surface area (Å²) >= 11 is 0. The summed E-state index contributed by atoms with van der Waals surface area (Å²) in [6.45, 7) is 4.08. The number of nitrogens with two attached hydrogens (primary N) is 2. The molecular weight excluding hydrogens is 424 g/mol. The number of hydrogen-bond donors (Lipinski definition) is 7. The van der Waals surface area contributed by atoms with Crippen LogP contribution in [-0.2, 0) is 28.8 Å². The molecule has 1 aliphatic heterocycles. The fraction of sp³-hybridized carbons (Fsp3) is 0.684. The molecule has 4 atom stereocenters. The molecule has 1 rings (SSSR count). The summed E-state index contributed by atoms with van der Waals surface area (Å²) in [4.78, 5) is 71.5. The van der Waals surface area contributed by atoms with Crippen LogP contribution in [0, 0.1) is 5.92 Å². The fourth-order valence-corrected chi connectivity index (χ4v) is 3.19. The summed E-state index contributed by atoms with van der Waals surface area (Å²) in [7, 11) is 0. The van der Waals surface area contributed by atoms with E-state index in [-0.39, 0.29) is 24.7 Å². The number of primary amides is 2. The summed E-state index contributed by atoms with van der Waals surface area (Å²) in [5.41, 5.74) is 10.2. The van der Waals surface area contributed by atoms with Gasteiger partial charge in [-0.3, -0.25) is 24.0 Å². The van der Waals surface area contributed by atoms with Crippen LogP contribution in [-0.4, -0.2) is 71.3 Å². The lowest BCUT2D eigenvalue weighted by Gasteiger charge is -2.26. The summed E-state index contributed by atoms with van der Waals surface area (Å²) in [6, 6.07) is -4.36. The Balaban J connectivity index is 2.89. The molecule has 13 nitrogen and oxygen atoms in total. The van der Waals surface area contributed by atoms with Crippen LogP contribution in [0.5, 0.6) is 0 Å². The van der Waals surface area contributed by atoms with Gasteiger partial charge in [0, 0.05) is 6.42 Å². The standard InChI is InChI=1S/C19H32N6O7/c1-9(2)15(25-16(28)10-4-3-7-22-10)18(30)24-12(8-14(21)27)17(29)23-11(19(31)32)5-6-13(20)26/h9-12,15,22H,3-8H2,1-2H3,(H2,20,26)(H2,21,27)(H,23,29)(H,24,30)(H,25,28)(H,31,32). The molecule has 0 saturated carbocycles. The van der Waals surface area contributed by atoms with Crippen LogP contribution < -0.4 is 32.7 Å². The van der Waals surface area contributed by atoms with Gasteiger partial charge in [0.05, 0.1) is 12.5 Å². The molecule has 1 fully saturated rings. The van der Waals surface area contributed by atoms with E-state index in [4.69, 9.17) is 11.5 Å². The maximum atomic E-state index is 12.8. The van der Waals surface area contributed by atoms with E-state index in [1.807, 2.05) is 0 Å². The largest absolute Gasteiger partial charge is 0.480 e. The molecule has 1 saturated heterocycles. The highest BCUT2D eigenvalue weighted by Gasteiger charge is 2.33. The van der Waals surface area contributed by atoms with Crippen LogP contribution in [0.4, 0.5) is 0 Å². The summed E-state index contributed by atoms with van der Waals surface area (Å²) < 4.78 is 0. The normalized spacial score (nSPS) is 18.3. The Labute approximate surface area is 185 Å². The Bertz CT molecular complexity index is 736. The third kappa shape index (κ3) is 8.88. The summed E-state index contributed by atoms with van der Waals surface area (Å²) in [5.74, 6) is -5.48. The van der Waals surface area contributed by atoms with Crippen LogP contribution in [0.15, 0.2) is 0 Å². The molecule has 0 aromatic rings. The van der Waals surface area contributed by atoms with Gasteiger partial charge in [0.2, 0.25) is 29.5 Å². The van der Waals surface area contributed by atoms with Gasteiger partial charge < -0.3 is 37.8 Å². The molecule has 0 radical (unpaired) electrons. The van der Waals surface area contributed by atoms with Gasteiger partial charge in [-0.25, -0.2) is 4.79 Å². The first-order chi connectivity index (χ1) is 14.9. The Morgan fingerprint density at radius 1 is 0.969 bits per heavy atom. The van der Waals surface area contributed by atoms with Crippen LogP contribution in [0.1, 0.15) is 46.0 Å². The molecule has 32 heavy (non-hydrogen) atoms. The van der Waals surface area contributed by atoms with Crippen LogP contribution in [0.3, 0.4) is 0 Å². The van der Waals surface area contributed by atoms with E-state index in [0.29, 0.717) is 13.0 Å². The first-order valence-electron chi connectivity index (χ1n) is 10.4. The van der Waals surface area contributed by atoms with Crippen LogP contribution in [0.25, 0.3) is 0 Å². The number of nitrogens with one attached hydrogen (secondary N) is 4. The van der Waals surface area contributed by atoms with Crippen molar-refractivity contribution in [3.05, 3.63) is 0 Å². The second-order valence-electron chi connectivity index (χ2n) is 8.02. The van der Waals surface area contributed by atoms with E-state index < -0.39 is 60.2 Å². The van der Waals surface area contributed by atoms with Crippen LogP contribution in [0.2, 0.25) is 0 Å². The van der Waals surface area contributed by atoms with E-state index in [1.54, 1.807) is 13.8 Å². The first kappa shape index (κ1) is 26.8. The quantitative estimate of drug-likeness (QED) is 0.152. The number of carbonyl (C=O) groups is 6. The molecule has 1 aliphatic rings. The third-order valence-electron chi connectivity index (χ3n) is 4.96. The number of carboxylic acid groups (broad SMARTS) is 1. The second-order valence-corrected chi connectivity index (χ2v) is 8.02. The number of aliphatic carboxylic acids is 1. The highest BCUT2D eigenvalue weighted by atomic mass is 16.4. The Hall–Kier alpha value is -3.22. The van der Waals surface area contributed by atoms with Crippen molar-refractivity contribution in [2.45, 2.75) is 70.1 Å². The van der Waals surface area contributed by atoms with Crippen molar-refractivity contribution in [1.82, 2.24) is 21.3 Å². The van der Waals surface area contributed by atoms with Crippen molar-refractivity contribution in [3.8, 4) is 0 Å². The molecule has 1 heterocycles. The molecule has 9 N–H and O–H groups in total. The van der Waals surface area contributed by atoms with E-state index in [2.05, 4.69) is 21.3 Å². The first-order valence-corrected chi connectivity index (χ1v) is 10.4. The number of carboxylic acids is 1. The molecule has 0 aliphatic carbocycles. The Morgan fingerprint density at radius 3 is 2.06 bits per heavy atom. The molecule has 4 unspecified atom stereocenters. The number of rotatable bonds is 13. The summed E-state index contributed by atoms with van der Waals surface area (Å²) in [5, 5.41) is 19.4. The molecule has 0 aromatic heterocycles. The monoisotopic (exact) mass is 456 g/mol. The van der Waals surface area contributed by atoms with Crippen molar-refractivity contribution < 1.29 is 33.9 Å². The Morgan fingerprint density at radius 2 is 1.59 bits per heavy atom. The molecular formula is C19H32N6O7. The van der Waals surface area contributed by atoms with Crippen molar-refractivity contribution in [3.63, 3.8) is 0 Å². The van der Waals surface area contributed by atoms with Gasteiger partial charge in [-0.15, -0.1) is 0 Å². The van der Waals surface area contributed by atoms with E-state index in [0.717, 1.165) is 6.42 Å². The van der Waals surface area contributed by atoms with E-state index >= 15 is 0 Å². The maximum Gasteiger partial charge on any atom is 0.326 e. The van der Waals surface area contributed by atoms with Gasteiger partial charge >= 0.3 is 5.97 Å². The van der Waals surface area contributed by atoms with Crippen molar-refractivity contribution in [1.29, 1.82) is 0 Å². The molecule has 0 aromatic carbocycles. The minimum absolute atomic E-state index is 0.271. The lowest BCUT2D eigenvalue weighted by Crippen LogP contribution is -2.58. The summed E-state index contributed by atoms with van der Waals surface area (Å²) in [6.07, 6.45) is 0.307. The van der Waals surface area contributed by atoms with Crippen molar-refractivity contribution in [2.75, 3.05) is 6.54 Å². The predicted molar refractivity (Wildman–Crippen MR) is 112 cm³/mol. The molecule has 0 spiro atoms. The topological polar surface area (TPSA) is 223 Å². The van der Waals surface area contributed by atoms with Gasteiger partial charge in [-0.05, 0) is 31.7 Å². The van der Waals surface area contributed by atoms with E-state index in [1.165, 1.54) is 0 Å². The van der Waals surface area contributed by atoms with Gasteiger partial charge in [-0.1, -0.05) is 13.8 Å². The smallest absolute Gasteiger partial charge is 0.326 e. The van der Waals surface area contributed by atoms with Crippen molar-refractivity contribution >= 4 is 35.5 Å². The maximum absolute atomic E-state index is 12.8. The highest BCUT2D eigenvalue weighted by Crippen LogP contribution is 2.09. The van der Waals surface area contributed by atoms with Gasteiger partial charge in [0.1, 0.15) is 18.1 Å². The average Bonchev–Trinajstić information content (AvgIpc) is 3.22. The van der Waals surface area contributed by atoms with E-state index in [9.17, 15) is 33.9 Å². The third-order valence-corrected chi connectivity index (χ3v) is 4.96. The SMILES string of the molecule is CC(C)C(NC(=O)C1CCCN1)C(=O)NC(CC(N)=O)C(=O)NC(CCC(N)=O)C(=O)O.